The smallest absolute Gasteiger partial charge is 0.417 e. The van der Waals surface area contributed by atoms with E-state index in [1.165, 1.54) is 0 Å². The fourth-order valence-corrected chi connectivity index (χ4v) is 1.42. The second-order valence-electron chi connectivity index (χ2n) is 4.11. The first-order valence-electron chi connectivity index (χ1n) is 5.30. The van der Waals surface area contributed by atoms with E-state index in [1.54, 1.807) is 0 Å². The highest BCUT2D eigenvalue weighted by Gasteiger charge is 2.18. The maximum Gasteiger partial charge on any atom is 0.417 e. The summed E-state index contributed by atoms with van der Waals surface area (Å²) in [6.07, 6.45) is 1.32. The van der Waals surface area contributed by atoms with Crippen LogP contribution in [0, 0.1) is 5.92 Å². The van der Waals surface area contributed by atoms with Gasteiger partial charge in [0.2, 0.25) is 0 Å². The fourth-order valence-electron chi connectivity index (χ4n) is 1.42. The molecule has 1 aromatic rings. The minimum atomic E-state index is 0.265. The largest absolute Gasteiger partial charge is 0.448 e. The van der Waals surface area contributed by atoms with Crippen LogP contribution in [0.25, 0.3) is 0 Å². The summed E-state index contributed by atoms with van der Waals surface area (Å²) in [6.45, 7) is 6.22. The van der Waals surface area contributed by atoms with E-state index in [-0.39, 0.29) is 12.0 Å². The van der Waals surface area contributed by atoms with Crippen LogP contribution in [0.2, 0.25) is 0 Å². The molecule has 84 valence electrons. The molecule has 1 aromatic heterocycles. The van der Waals surface area contributed by atoms with Gasteiger partial charge in [-0.1, -0.05) is 19.0 Å². The van der Waals surface area contributed by atoms with Crippen molar-refractivity contribution in [2.75, 3.05) is 19.8 Å². The van der Waals surface area contributed by atoms with Gasteiger partial charge in [-0.25, -0.2) is 0 Å². The van der Waals surface area contributed by atoms with E-state index in [4.69, 9.17) is 14.0 Å². The van der Waals surface area contributed by atoms with Gasteiger partial charge in [0.15, 0.2) is 5.82 Å². The van der Waals surface area contributed by atoms with Gasteiger partial charge < -0.3 is 9.47 Å². The van der Waals surface area contributed by atoms with Gasteiger partial charge in [0, 0.05) is 18.4 Å². The van der Waals surface area contributed by atoms with Gasteiger partial charge in [0.05, 0.1) is 13.2 Å². The summed E-state index contributed by atoms with van der Waals surface area (Å²) in [5.74, 6) is 1.41. The Kier molecular flexibility index (Phi) is 3.20. The zero-order valence-corrected chi connectivity index (χ0v) is 9.10. The molecule has 0 bridgehead atoms. The predicted molar refractivity (Wildman–Crippen MR) is 52.8 cm³/mol. The molecule has 15 heavy (non-hydrogen) atoms. The van der Waals surface area contributed by atoms with Gasteiger partial charge in [-0.15, -0.1) is 0 Å². The molecule has 1 saturated heterocycles. The SMILES string of the molecule is CC(C)c1noc(OCC2CCOC2)n1. The summed E-state index contributed by atoms with van der Waals surface area (Å²) in [5.41, 5.74) is 0. The second-order valence-corrected chi connectivity index (χ2v) is 4.11. The Morgan fingerprint density at radius 3 is 3.00 bits per heavy atom. The normalized spacial score (nSPS) is 21.1. The molecule has 0 spiro atoms. The van der Waals surface area contributed by atoms with Crippen molar-refractivity contribution < 1.29 is 14.0 Å². The van der Waals surface area contributed by atoms with Gasteiger partial charge in [0.25, 0.3) is 0 Å². The lowest BCUT2D eigenvalue weighted by atomic mass is 10.1. The highest BCUT2D eigenvalue weighted by molar-refractivity contribution is 4.94. The molecule has 0 aromatic carbocycles. The molecule has 1 aliphatic rings. The molecule has 5 nitrogen and oxygen atoms in total. The minimum absolute atomic E-state index is 0.265. The average Bonchev–Trinajstić information content (AvgIpc) is 2.86. The van der Waals surface area contributed by atoms with Crippen LogP contribution in [-0.2, 0) is 4.74 Å². The van der Waals surface area contributed by atoms with Crippen LogP contribution >= 0.6 is 0 Å². The average molecular weight is 212 g/mol. The summed E-state index contributed by atoms with van der Waals surface area (Å²) in [6, 6.07) is 0. The number of hydrogen-bond acceptors (Lipinski definition) is 5. The fraction of sp³-hybridized carbons (Fsp3) is 0.800. The summed E-state index contributed by atoms with van der Waals surface area (Å²) < 4.78 is 15.6. The molecule has 0 radical (unpaired) electrons. The second kappa shape index (κ2) is 4.61. The molecule has 0 aliphatic carbocycles. The van der Waals surface area contributed by atoms with Crippen LogP contribution < -0.4 is 4.74 Å². The third kappa shape index (κ3) is 2.68. The quantitative estimate of drug-likeness (QED) is 0.758. The van der Waals surface area contributed by atoms with Crippen molar-refractivity contribution in [1.29, 1.82) is 0 Å². The van der Waals surface area contributed by atoms with Gasteiger partial charge in [-0.05, 0) is 6.42 Å². The standard InChI is InChI=1S/C10H16N2O3/c1-7(2)9-11-10(15-12-9)14-6-8-3-4-13-5-8/h7-8H,3-6H2,1-2H3. The van der Waals surface area contributed by atoms with E-state index in [0.29, 0.717) is 18.3 Å². The molecule has 1 unspecified atom stereocenters. The van der Waals surface area contributed by atoms with Crippen LogP contribution in [0.15, 0.2) is 4.52 Å². The molecular formula is C10H16N2O3. The first-order chi connectivity index (χ1) is 7.25. The maximum atomic E-state index is 5.40. The van der Waals surface area contributed by atoms with Crippen molar-refractivity contribution in [2.24, 2.45) is 5.92 Å². The first-order valence-corrected chi connectivity index (χ1v) is 5.30. The number of nitrogens with zero attached hydrogens (tertiary/aromatic N) is 2. The minimum Gasteiger partial charge on any atom is -0.448 e. The van der Waals surface area contributed by atoms with E-state index in [0.717, 1.165) is 19.6 Å². The third-order valence-corrected chi connectivity index (χ3v) is 2.41. The molecule has 2 heterocycles. The van der Waals surface area contributed by atoms with Crippen molar-refractivity contribution in [3.05, 3.63) is 5.82 Å². The van der Waals surface area contributed by atoms with Crippen molar-refractivity contribution in [3.63, 3.8) is 0 Å². The van der Waals surface area contributed by atoms with Crippen LogP contribution in [0.4, 0.5) is 0 Å². The topological polar surface area (TPSA) is 57.4 Å². The summed E-state index contributed by atoms with van der Waals surface area (Å²) in [7, 11) is 0. The lowest BCUT2D eigenvalue weighted by Gasteiger charge is -2.05. The lowest BCUT2D eigenvalue weighted by molar-refractivity contribution is 0.144. The van der Waals surface area contributed by atoms with Crippen molar-refractivity contribution in [1.82, 2.24) is 10.1 Å². The summed E-state index contributed by atoms with van der Waals surface area (Å²) in [4.78, 5) is 4.13. The number of rotatable bonds is 4. The Balaban J connectivity index is 1.82. The molecule has 0 saturated carbocycles. The van der Waals surface area contributed by atoms with E-state index >= 15 is 0 Å². The Labute approximate surface area is 88.8 Å². The van der Waals surface area contributed by atoms with Gasteiger partial charge in [-0.3, -0.25) is 4.52 Å². The third-order valence-electron chi connectivity index (χ3n) is 2.41. The molecule has 0 N–H and O–H groups in total. The zero-order chi connectivity index (χ0) is 10.7. The Morgan fingerprint density at radius 1 is 1.53 bits per heavy atom. The van der Waals surface area contributed by atoms with Crippen LogP contribution in [0.3, 0.4) is 0 Å². The van der Waals surface area contributed by atoms with Crippen molar-refractivity contribution in [2.45, 2.75) is 26.2 Å². The Morgan fingerprint density at radius 2 is 2.40 bits per heavy atom. The monoisotopic (exact) mass is 212 g/mol. The van der Waals surface area contributed by atoms with Crippen LogP contribution in [0.5, 0.6) is 6.08 Å². The van der Waals surface area contributed by atoms with E-state index in [9.17, 15) is 0 Å². The first kappa shape index (κ1) is 10.4. The maximum absolute atomic E-state index is 5.40. The van der Waals surface area contributed by atoms with Crippen LogP contribution in [-0.4, -0.2) is 30.0 Å². The summed E-state index contributed by atoms with van der Waals surface area (Å²) >= 11 is 0. The highest BCUT2D eigenvalue weighted by Crippen LogP contribution is 2.17. The molecule has 5 heteroatoms. The lowest BCUT2D eigenvalue weighted by Crippen LogP contribution is -2.11. The van der Waals surface area contributed by atoms with Gasteiger partial charge in [0.1, 0.15) is 0 Å². The molecule has 2 rings (SSSR count). The van der Waals surface area contributed by atoms with E-state index in [1.807, 2.05) is 13.8 Å². The van der Waals surface area contributed by atoms with Gasteiger partial charge in [-0.2, -0.15) is 4.98 Å². The molecule has 0 amide bonds. The molecule has 1 fully saturated rings. The predicted octanol–water partition coefficient (Wildman–Crippen LogP) is 1.61. The van der Waals surface area contributed by atoms with E-state index < -0.39 is 0 Å². The molecule has 1 atom stereocenters. The Hall–Kier alpha value is -1.10. The number of aromatic nitrogens is 2. The zero-order valence-electron chi connectivity index (χ0n) is 9.10. The summed E-state index contributed by atoms with van der Waals surface area (Å²) in [5, 5.41) is 3.82. The molecule has 1 aliphatic heterocycles. The van der Waals surface area contributed by atoms with Crippen LogP contribution in [0.1, 0.15) is 32.0 Å². The molecular weight excluding hydrogens is 196 g/mol. The number of hydrogen-bond donors (Lipinski definition) is 0. The van der Waals surface area contributed by atoms with Crippen molar-refractivity contribution in [3.8, 4) is 6.08 Å². The Bertz CT molecular complexity index is 305. The highest BCUT2D eigenvalue weighted by atomic mass is 16.6. The van der Waals surface area contributed by atoms with Gasteiger partial charge >= 0.3 is 6.08 Å². The van der Waals surface area contributed by atoms with E-state index in [2.05, 4.69) is 10.1 Å². The number of ether oxygens (including phenoxy) is 2. The van der Waals surface area contributed by atoms with Crippen molar-refractivity contribution >= 4 is 0 Å².